The summed E-state index contributed by atoms with van der Waals surface area (Å²) in [5.74, 6) is -0.383. The van der Waals surface area contributed by atoms with Crippen molar-refractivity contribution in [3.8, 4) is 0 Å². The molecule has 0 aromatic rings. The Morgan fingerprint density at radius 3 is 2.00 bits per heavy atom. The van der Waals surface area contributed by atoms with Crippen molar-refractivity contribution in [2.75, 3.05) is 12.9 Å². The van der Waals surface area contributed by atoms with Crippen molar-refractivity contribution >= 4 is 23.5 Å². The molecule has 0 radical (unpaired) electrons. The molecule has 0 saturated heterocycles. The number of carbonyl (C=O) groups excluding carboxylic acids is 2. The summed E-state index contributed by atoms with van der Waals surface area (Å²) >= 11 is 1.32. The maximum Gasteiger partial charge on any atom is 0.335 e. The Kier molecular flexibility index (Phi) is 6.53. The third-order valence-electron chi connectivity index (χ3n) is 2.24. The molecule has 0 spiro atoms. The van der Waals surface area contributed by atoms with Crippen molar-refractivity contribution in [3.05, 3.63) is 10.5 Å². The number of ether oxygens (including phenoxy) is 1. The van der Waals surface area contributed by atoms with Crippen LogP contribution in [-0.2, 0) is 14.3 Å². The second-order valence-electron chi connectivity index (χ2n) is 4.66. The summed E-state index contributed by atoms with van der Waals surface area (Å²) in [5.41, 5.74) is 0.00454. The molecule has 0 aromatic heterocycles. The Balaban J connectivity index is 5.40. The van der Waals surface area contributed by atoms with E-state index in [9.17, 15) is 9.59 Å². The number of ketones is 1. The third-order valence-corrected chi connectivity index (χ3v) is 3.08. The lowest BCUT2D eigenvalue weighted by atomic mass is 9.89. The van der Waals surface area contributed by atoms with Crippen LogP contribution in [0, 0.1) is 5.41 Å². The van der Waals surface area contributed by atoms with Crippen LogP contribution in [0.2, 0.25) is 0 Å². The zero-order chi connectivity index (χ0) is 13.6. The third kappa shape index (κ3) is 4.54. The topological polar surface area (TPSA) is 43.4 Å². The number of hydrogen-bond donors (Lipinski definition) is 0. The fourth-order valence-corrected chi connectivity index (χ4v) is 2.27. The van der Waals surface area contributed by atoms with Crippen LogP contribution >= 0.6 is 11.8 Å². The Morgan fingerprint density at radius 1 is 1.18 bits per heavy atom. The molecule has 0 heterocycles. The fraction of sp³-hybridized carbons (Fsp3) is 0.692. The number of esters is 1. The van der Waals surface area contributed by atoms with E-state index in [1.165, 1.54) is 11.8 Å². The minimum atomic E-state index is -0.481. The SMILES string of the molecule is CCOC(=O)/C(CC)=C(\SC)C(=O)C(C)(C)C. The standard InChI is InChI=1S/C13H22O3S/c1-7-9(12(15)16-8-2)10(17-6)11(14)13(3,4)5/h7-8H2,1-6H3/b10-9-. The van der Waals surface area contributed by atoms with E-state index in [0.29, 0.717) is 23.5 Å². The molecule has 0 amide bonds. The van der Waals surface area contributed by atoms with Crippen molar-refractivity contribution in [3.63, 3.8) is 0 Å². The highest BCUT2D eigenvalue weighted by atomic mass is 32.2. The molecule has 98 valence electrons. The van der Waals surface area contributed by atoms with E-state index in [4.69, 9.17) is 4.74 Å². The molecule has 0 bridgehead atoms. The molecular weight excluding hydrogens is 236 g/mol. The van der Waals surface area contributed by atoms with Gasteiger partial charge in [-0.1, -0.05) is 27.7 Å². The second kappa shape index (κ2) is 6.84. The summed E-state index contributed by atoms with van der Waals surface area (Å²) in [7, 11) is 0. The van der Waals surface area contributed by atoms with Crippen LogP contribution < -0.4 is 0 Å². The first-order valence-corrected chi connectivity index (χ1v) is 7.01. The Labute approximate surface area is 108 Å². The lowest BCUT2D eigenvalue weighted by Crippen LogP contribution is -2.23. The first-order valence-electron chi connectivity index (χ1n) is 5.78. The van der Waals surface area contributed by atoms with E-state index < -0.39 is 5.41 Å². The first-order chi connectivity index (χ1) is 7.79. The molecule has 3 nitrogen and oxygen atoms in total. The second-order valence-corrected chi connectivity index (χ2v) is 5.48. The molecule has 17 heavy (non-hydrogen) atoms. The number of thioether (sulfide) groups is 1. The van der Waals surface area contributed by atoms with Crippen LogP contribution in [0.25, 0.3) is 0 Å². The van der Waals surface area contributed by atoms with Crippen LogP contribution in [0.3, 0.4) is 0 Å². The highest BCUT2D eigenvalue weighted by Crippen LogP contribution is 2.29. The molecule has 0 aliphatic carbocycles. The molecule has 0 rings (SSSR count). The average molecular weight is 258 g/mol. The van der Waals surface area contributed by atoms with E-state index in [2.05, 4.69) is 0 Å². The van der Waals surface area contributed by atoms with Crippen LogP contribution in [0.4, 0.5) is 0 Å². The predicted octanol–water partition coefficient (Wildman–Crippen LogP) is 3.19. The first kappa shape index (κ1) is 16.2. The van der Waals surface area contributed by atoms with E-state index in [0.717, 1.165) is 0 Å². The maximum absolute atomic E-state index is 12.2. The summed E-state index contributed by atoms with van der Waals surface area (Å²) in [5, 5.41) is 0. The van der Waals surface area contributed by atoms with Gasteiger partial charge in [-0.05, 0) is 19.6 Å². The van der Waals surface area contributed by atoms with E-state index in [1.807, 2.05) is 34.0 Å². The summed E-state index contributed by atoms with van der Waals surface area (Å²) in [6.07, 6.45) is 2.32. The summed E-state index contributed by atoms with van der Waals surface area (Å²) < 4.78 is 4.98. The van der Waals surface area contributed by atoms with Crippen molar-refractivity contribution in [2.45, 2.75) is 41.0 Å². The van der Waals surface area contributed by atoms with Gasteiger partial charge < -0.3 is 4.74 Å². The Morgan fingerprint density at radius 2 is 1.71 bits per heavy atom. The molecule has 0 atom stereocenters. The van der Waals surface area contributed by atoms with Gasteiger partial charge in [-0.3, -0.25) is 4.79 Å². The Hall–Kier alpha value is -0.770. The summed E-state index contributed by atoms with van der Waals surface area (Å²) in [4.78, 5) is 24.5. The molecular formula is C13H22O3S. The molecule has 0 aliphatic rings. The number of hydrogen-bond acceptors (Lipinski definition) is 4. The van der Waals surface area contributed by atoms with Crippen LogP contribution in [0.5, 0.6) is 0 Å². The maximum atomic E-state index is 12.2. The highest BCUT2D eigenvalue weighted by molar-refractivity contribution is 8.03. The van der Waals surface area contributed by atoms with Crippen LogP contribution in [0.1, 0.15) is 41.0 Å². The van der Waals surface area contributed by atoms with Gasteiger partial charge in [0.2, 0.25) is 0 Å². The van der Waals surface area contributed by atoms with E-state index >= 15 is 0 Å². The quantitative estimate of drug-likeness (QED) is 0.561. The molecule has 0 saturated carbocycles. The largest absolute Gasteiger partial charge is 0.463 e. The molecule has 0 fully saturated rings. The van der Waals surface area contributed by atoms with Gasteiger partial charge in [0.15, 0.2) is 5.78 Å². The van der Waals surface area contributed by atoms with Gasteiger partial charge in [0.25, 0.3) is 0 Å². The van der Waals surface area contributed by atoms with Gasteiger partial charge in [0.05, 0.1) is 17.1 Å². The monoisotopic (exact) mass is 258 g/mol. The lowest BCUT2D eigenvalue weighted by molar-refractivity contribution is -0.139. The average Bonchev–Trinajstić information content (AvgIpc) is 2.23. The van der Waals surface area contributed by atoms with Crippen molar-refractivity contribution < 1.29 is 14.3 Å². The van der Waals surface area contributed by atoms with Gasteiger partial charge in [0.1, 0.15) is 0 Å². The van der Waals surface area contributed by atoms with Crippen molar-refractivity contribution in [1.29, 1.82) is 0 Å². The van der Waals surface area contributed by atoms with Gasteiger partial charge in [0, 0.05) is 5.41 Å². The molecule has 0 aliphatic heterocycles. The molecule has 0 aromatic carbocycles. The predicted molar refractivity (Wildman–Crippen MR) is 71.9 cm³/mol. The number of carbonyl (C=O) groups is 2. The number of rotatable bonds is 5. The van der Waals surface area contributed by atoms with Gasteiger partial charge in [-0.25, -0.2) is 4.79 Å². The molecule has 0 N–H and O–H groups in total. The van der Waals surface area contributed by atoms with Crippen molar-refractivity contribution in [2.24, 2.45) is 5.41 Å². The smallest absolute Gasteiger partial charge is 0.335 e. The summed E-state index contributed by atoms with van der Waals surface area (Å²) in [6, 6.07) is 0. The van der Waals surface area contributed by atoms with Crippen molar-refractivity contribution in [1.82, 2.24) is 0 Å². The highest BCUT2D eigenvalue weighted by Gasteiger charge is 2.28. The molecule has 0 unspecified atom stereocenters. The van der Waals surface area contributed by atoms with E-state index in [-0.39, 0.29) is 11.8 Å². The van der Waals surface area contributed by atoms with Crippen LogP contribution in [0.15, 0.2) is 10.5 Å². The summed E-state index contributed by atoms with van der Waals surface area (Å²) in [6.45, 7) is 9.50. The van der Waals surface area contributed by atoms with Crippen LogP contribution in [-0.4, -0.2) is 24.6 Å². The lowest BCUT2D eigenvalue weighted by Gasteiger charge is -2.20. The minimum absolute atomic E-state index is 0.00472. The Bertz CT molecular complexity index is 324. The fourth-order valence-electron chi connectivity index (χ4n) is 1.31. The van der Waals surface area contributed by atoms with E-state index in [1.54, 1.807) is 6.92 Å². The zero-order valence-corrected chi connectivity index (χ0v) is 12.4. The number of allylic oxidation sites excluding steroid dienone is 1. The van der Waals surface area contributed by atoms with Gasteiger partial charge >= 0.3 is 5.97 Å². The zero-order valence-electron chi connectivity index (χ0n) is 11.5. The minimum Gasteiger partial charge on any atom is -0.463 e. The number of Topliss-reactive ketones (excluding diaryl/α,β-unsaturated/α-hetero) is 1. The molecule has 4 heteroatoms. The van der Waals surface area contributed by atoms with Gasteiger partial charge in [-0.15, -0.1) is 11.8 Å². The van der Waals surface area contributed by atoms with Gasteiger partial charge in [-0.2, -0.15) is 0 Å². The normalized spacial score (nSPS) is 13.1.